The summed E-state index contributed by atoms with van der Waals surface area (Å²) >= 11 is 0. The lowest BCUT2D eigenvalue weighted by molar-refractivity contribution is 0.214. The van der Waals surface area contributed by atoms with E-state index >= 15 is 0 Å². The molecule has 1 unspecified atom stereocenters. The molecule has 1 N–H and O–H groups in total. The molecule has 4 heteroatoms. The highest BCUT2D eigenvalue weighted by atomic mass is 19.1. The normalized spacial score (nSPS) is 16.5. The lowest BCUT2D eigenvalue weighted by atomic mass is 10.1. The monoisotopic (exact) mass is 236 g/mol. The van der Waals surface area contributed by atoms with Crippen molar-refractivity contribution in [3.8, 4) is 0 Å². The highest BCUT2D eigenvalue weighted by Gasteiger charge is 2.21. The Hall–Kier alpha value is -1.42. The molecule has 0 amide bonds. The molecule has 0 saturated heterocycles. The minimum absolute atomic E-state index is 0.0574. The summed E-state index contributed by atoms with van der Waals surface area (Å²) in [6.07, 6.45) is 5.27. The first kappa shape index (κ1) is 12.0. The van der Waals surface area contributed by atoms with Gasteiger partial charge in [-0.2, -0.15) is 0 Å². The van der Waals surface area contributed by atoms with E-state index in [1.807, 2.05) is 0 Å². The minimum atomic E-state index is -0.315. The molecule has 0 aliphatic carbocycles. The molecule has 0 radical (unpaired) electrons. The summed E-state index contributed by atoms with van der Waals surface area (Å²) in [6.45, 7) is 3.71. The zero-order valence-electron chi connectivity index (χ0n) is 9.95. The van der Waals surface area contributed by atoms with Crippen molar-refractivity contribution in [2.45, 2.75) is 25.8 Å². The van der Waals surface area contributed by atoms with Crippen LogP contribution in [-0.2, 0) is 4.74 Å². The van der Waals surface area contributed by atoms with Crippen LogP contribution in [0.1, 0.15) is 31.5 Å². The van der Waals surface area contributed by atoms with Crippen LogP contribution in [0.5, 0.6) is 0 Å². The van der Waals surface area contributed by atoms with Gasteiger partial charge in [-0.05, 0) is 31.2 Å². The quantitative estimate of drug-likeness (QED) is 0.853. The maximum Gasteiger partial charge on any atom is 0.141 e. The van der Waals surface area contributed by atoms with E-state index in [1.165, 1.54) is 12.3 Å². The van der Waals surface area contributed by atoms with Gasteiger partial charge in [0.05, 0.1) is 18.5 Å². The van der Waals surface area contributed by atoms with Crippen molar-refractivity contribution in [2.75, 3.05) is 13.2 Å². The van der Waals surface area contributed by atoms with Gasteiger partial charge in [0.15, 0.2) is 0 Å². The van der Waals surface area contributed by atoms with Crippen LogP contribution in [-0.4, -0.2) is 18.1 Å². The zero-order chi connectivity index (χ0) is 12.1. The summed E-state index contributed by atoms with van der Waals surface area (Å²) in [5.74, 6) is 0.585. The predicted octanol–water partition coefficient (Wildman–Crippen LogP) is 2.57. The standard InChI is InChI=1S/C13H17FN2O/c1-2-7-15-13(12-4-3-8-17-12)11-6-5-10(14)9-16-11/h4-6,9,13,15H,2-3,7-8H2,1H3. The lowest BCUT2D eigenvalue weighted by Gasteiger charge is -2.19. The first-order valence-corrected chi connectivity index (χ1v) is 5.99. The number of hydrogen-bond donors (Lipinski definition) is 1. The maximum absolute atomic E-state index is 12.9. The van der Waals surface area contributed by atoms with E-state index in [-0.39, 0.29) is 11.9 Å². The van der Waals surface area contributed by atoms with Gasteiger partial charge in [0.25, 0.3) is 0 Å². The van der Waals surface area contributed by atoms with E-state index in [4.69, 9.17) is 4.74 Å². The molecule has 17 heavy (non-hydrogen) atoms. The van der Waals surface area contributed by atoms with Crippen molar-refractivity contribution >= 4 is 0 Å². The summed E-state index contributed by atoms with van der Waals surface area (Å²) in [7, 11) is 0. The SMILES string of the molecule is CCCNC(C1=CCCO1)c1ccc(F)cn1. The van der Waals surface area contributed by atoms with Crippen LogP contribution >= 0.6 is 0 Å². The summed E-state index contributed by atoms with van der Waals surface area (Å²) in [5.41, 5.74) is 0.799. The zero-order valence-corrected chi connectivity index (χ0v) is 9.95. The van der Waals surface area contributed by atoms with E-state index in [0.29, 0.717) is 0 Å². The third-order valence-electron chi connectivity index (χ3n) is 2.66. The largest absolute Gasteiger partial charge is 0.496 e. The second-order valence-electron chi connectivity index (χ2n) is 4.03. The van der Waals surface area contributed by atoms with Crippen LogP contribution in [0, 0.1) is 5.82 Å². The van der Waals surface area contributed by atoms with Crippen molar-refractivity contribution in [3.63, 3.8) is 0 Å². The summed E-state index contributed by atoms with van der Waals surface area (Å²) in [4.78, 5) is 4.12. The van der Waals surface area contributed by atoms with Crippen LogP contribution < -0.4 is 5.32 Å². The smallest absolute Gasteiger partial charge is 0.141 e. The average Bonchev–Trinajstić information content (AvgIpc) is 2.85. The van der Waals surface area contributed by atoms with E-state index in [2.05, 4.69) is 23.3 Å². The highest BCUT2D eigenvalue weighted by Crippen LogP contribution is 2.25. The van der Waals surface area contributed by atoms with Gasteiger partial charge in [-0.3, -0.25) is 4.98 Å². The average molecular weight is 236 g/mol. The van der Waals surface area contributed by atoms with Gasteiger partial charge in [0, 0.05) is 6.42 Å². The fourth-order valence-corrected chi connectivity index (χ4v) is 1.84. The van der Waals surface area contributed by atoms with E-state index < -0.39 is 0 Å². The van der Waals surface area contributed by atoms with Crippen molar-refractivity contribution in [1.29, 1.82) is 0 Å². The maximum atomic E-state index is 12.9. The Bertz CT molecular complexity index is 389. The Kier molecular flexibility index (Phi) is 4.09. The Balaban J connectivity index is 2.16. The molecule has 1 aliphatic rings. The van der Waals surface area contributed by atoms with Crippen LogP contribution in [0.3, 0.4) is 0 Å². The third kappa shape index (κ3) is 3.03. The van der Waals surface area contributed by atoms with E-state index in [1.54, 1.807) is 6.07 Å². The van der Waals surface area contributed by atoms with Crippen molar-refractivity contribution in [2.24, 2.45) is 0 Å². The number of aromatic nitrogens is 1. The number of nitrogens with zero attached hydrogens (tertiary/aromatic N) is 1. The predicted molar refractivity (Wildman–Crippen MR) is 63.9 cm³/mol. The number of rotatable bonds is 5. The Labute approximate surface area is 101 Å². The molecule has 2 heterocycles. The van der Waals surface area contributed by atoms with E-state index in [0.717, 1.165) is 37.4 Å². The summed E-state index contributed by atoms with van der Waals surface area (Å²) in [6, 6.07) is 3.07. The molecule has 1 aromatic rings. The molecule has 1 aromatic heterocycles. The topological polar surface area (TPSA) is 34.1 Å². The van der Waals surface area contributed by atoms with Gasteiger partial charge in [-0.15, -0.1) is 0 Å². The van der Waals surface area contributed by atoms with Crippen molar-refractivity contribution < 1.29 is 9.13 Å². The molecule has 0 aromatic carbocycles. The molecular weight excluding hydrogens is 219 g/mol. The molecule has 92 valence electrons. The molecule has 0 fully saturated rings. The second kappa shape index (κ2) is 5.77. The first-order chi connectivity index (χ1) is 8.31. The molecule has 0 spiro atoms. The molecule has 3 nitrogen and oxygen atoms in total. The molecule has 0 saturated carbocycles. The molecular formula is C13H17FN2O. The van der Waals surface area contributed by atoms with Gasteiger partial charge < -0.3 is 10.1 Å². The lowest BCUT2D eigenvalue weighted by Crippen LogP contribution is -2.25. The van der Waals surface area contributed by atoms with Gasteiger partial charge >= 0.3 is 0 Å². The van der Waals surface area contributed by atoms with Crippen LogP contribution in [0.2, 0.25) is 0 Å². The Morgan fingerprint density at radius 3 is 3.00 bits per heavy atom. The molecule has 1 atom stereocenters. The number of nitrogens with one attached hydrogen (secondary N) is 1. The number of hydrogen-bond acceptors (Lipinski definition) is 3. The fourth-order valence-electron chi connectivity index (χ4n) is 1.84. The van der Waals surface area contributed by atoms with Crippen molar-refractivity contribution in [3.05, 3.63) is 41.7 Å². The molecule has 2 rings (SSSR count). The van der Waals surface area contributed by atoms with Crippen LogP contribution in [0.25, 0.3) is 0 Å². The van der Waals surface area contributed by atoms with Gasteiger partial charge in [0.1, 0.15) is 17.6 Å². The van der Waals surface area contributed by atoms with Gasteiger partial charge in [-0.1, -0.05) is 6.92 Å². The van der Waals surface area contributed by atoms with Crippen LogP contribution in [0.15, 0.2) is 30.2 Å². The first-order valence-electron chi connectivity index (χ1n) is 5.99. The highest BCUT2D eigenvalue weighted by molar-refractivity contribution is 5.20. The number of halogens is 1. The fraction of sp³-hybridized carbons (Fsp3) is 0.462. The van der Waals surface area contributed by atoms with Gasteiger partial charge in [-0.25, -0.2) is 4.39 Å². The third-order valence-corrected chi connectivity index (χ3v) is 2.66. The molecule has 1 aliphatic heterocycles. The minimum Gasteiger partial charge on any atom is -0.496 e. The Morgan fingerprint density at radius 2 is 2.41 bits per heavy atom. The van der Waals surface area contributed by atoms with Gasteiger partial charge in [0.2, 0.25) is 0 Å². The number of pyridine rings is 1. The van der Waals surface area contributed by atoms with E-state index in [9.17, 15) is 4.39 Å². The molecule has 0 bridgehead atoms. The summed E-state index contributed by atoms with van der Waals surface area (Å²) < 4.78 is 18.4. The summed E-state index contributed by atoms with van der Waals surface area (Å²) in [5, 5.41) is 3.37. The van der Waals surface area contributed by atoms with Crippen LogP contribution in [0.4, 0.5) is 4.39 Å². The Morgan fingerprint density at radius 1 is 1.53 bits per heavy atom. The number of ether oxygens (including phenoxy) is 1. The van der Waals surface area contributed by atoms with Crippen molar-refractivity contribution in [1.82, 2.24) is 10.3 Å². The second-order valence-corrected chi connectivity index (χ2v) is 4.03.